The molecule has 0 aliphatic heterocycles. The Morgan fingerprint density at radius 2 is 2.27 bits per heavy atom. The Labute approximate surface area is 88.4 Å². The Morgan fingerprint density at radius 3 is 2.87 bits per heavy atom. The van der Waals surface area contributed by atoms with Crippen LogP contribution in [0, 0.1) is 0 Å². The predicted octanol–water partition coefficient (Wildman–Crippen LogP) is 0.937. The van der Waals surface area contributed by atoms with E-state index in [0.717, 1.165) is 12.0 Å². The molecule has 0 fully saturated rings. The molecule has 0 aromatic carbocycles. The number of urea groups is 1. The molecule has 1 atom stereocenters. The van der Waals surface area contributed by atoms with Crippen molar-refractivity contribution in [3.05, 3.63) is 30.4 Å². The first-order valence-electron chi connectivity index (χ1n) is 4.66. The molecule has 0 saturated heterocycles. The molecule has 0 aliphatic rings. The molecule has 5 nitrogen and oxygen atoms in total. The van der Waals surface area contributed by atoms with E-state index in [9.17, 15) is 4.79 Å². The quantitative estimate of drug-likeness (QED) is 0.769. The number of amides is 2. The van der Waals surface area contributed by atoms with Gasteiger partial charge in [-0.1, -0.05) is 12.2 Å². The molecule has 0 saturated carbocycles. The number of nitrogens with one attached hydrogen (secondary N) is 1. The molecule has 2 amide bonds. The standard InChI is InChI=1S/C10H14N4O/c1-8(14-10(11)15)3-2-4-9-5-12-7-13-6-9/h2,4-8H,3H2,1H3,(H3,11,14,15)/b4-2+. The zero-order valence-electron chi connectivity index (χ0n) is 8.55. The highest BCUT2D eigenvalue weighted by molar-refractivity contribution is 5.71. The fourth-order valence-electron chi connectivity index (χ4n) is 1.11. The zero-order chi connectivity index (χ0) is 11.1. The molecule has 1 aromatic heterocycles. The summed E-state index contributed by atoms with van der Waals surface area (Å²) in [7, 11) is 0. The topological polar surface area (TPSA) is 80.9 Å². The minimum atomic E-state index is -0.501. The predicted molar refractivity (Wildman–Crippen MR) is 57.9 cm³/mol. The van der Waals surface area contributed by atoms with Crippen LogP contribution < -0.4 is 11.1 Å². The van der Waals surface area contributed by atoms with Gasteiger partial charge in [-0.3, -0.25) is 0 Å². The van der Waals surface area contributed by atoms with Crippen molar-refractivity contribution < 1.29 is 4.79 Å². The van der Waals surface area contributed by atoms with Crippen molar-refractivity contribution in [1.29, 1.82) is 0 Å². The second-order valence-electron chi connectivity index (χ2n) is 3.22. The van der Waals surface area contributed by atoms with Crippen LogP contribution in [0.5, 0.6) is 0 Å². The summed E-state index contributed by atoms with van der Waals surface area (Å²) < 4.78 is 0. The largest absolute Gasteiger partial charge is 0.352 e. The molecule has 0 radical (unpaired) electrons. The van der Waals surface area contributed by atoms with Gasteiger partial charge in [-0.2, -0.15) is 0 Å². The fourth-order valence-corrected chi connectivity index (χ4v) is 1.11. The van der Waals surface area contributed by atoms with Gasteiger partial charge < -0.3 is 11.1 Å². The molecule has 80 valence electrons. The molecule has 5 heteroatoms. The van der Waals surface area contributed by atoms with E-state index in [1.807, 2.05) is 19.1 Å². The van der Waals surface area contributed by atoms with Crippen LogP contribution in [-0.2, 0) is 0 Å². The van der Waals surface area contributed by atoms with Gasteiger partial charge >= 0.3 is 6.03 Å². The summed E-state index contributed by atoms with van der Waals surface area (Å²) in [6.07, 6.45) is 9.48. The average Bonchev–Trinajstić information content (AvgIpc) is 2.18. The molecule has 1 heterocycles. The third-order valence-electron chi connectivity index (χ3n) is 1.77. The highest BCUT2D eigenvalue weighted by Crippen LogP contribution is 1.99. The summed E-state index contributed by atoms with van der Waals surface area (Å²) in [6.45, 7) is 1.89. The number of carbonyl (C=O) groups is 1. The van der Waals surface area contributed by atoms with Crippen molar-refractivity contribution in [2.75, 3.05) is 0 Å². The molecule has 0 bridgehead atoms. The van der Waals surface area contributed by atoms with Crippen molar-refractivity contribution in [1.82, 2.24) is 15.3 Å². The van der Waals surface area contributed by atoms with Crippen molar-refractivity contribution in [3.63, 3.8) is 0 Å². The summed E-state index contributed by atoms with van der Waals surface area (Å²) in [5, 5.41) is 2.59. The van der Waals surface area contributed by atoms with Crippen molar-refractivity contribution in [2.24, 2.45) is 5.73 Å². The molecule has 0 aliphatic carbocycles. The van der Waals surface area contributed by atoms with Gasteiger partial charge in [0.05, 0.1) is 0 Å². The van der Waals surface area contributed by atoms with Gasteiger partial charge in [0.25, 0.3) is 0 Å². The first-order valence-corrected chi connectivity index (χ1v) is 4.66. The monoisotopic (exact) mass is 206 g/mol. The summed E-state index contributed by atoms with van der Waals surface area (Å²) in [5.74, 6) is 0. The van der Waals surface area contributed by atoms with Crippen molar-refractivity contribution in [3.8, 4) is 0 Å². The molecule has 1 rings (SSSR count). The molecule has 1 unspecified atom stereocenters. The number of nitrogens with two attached hydrogens (primary N) is 1. The smallest absolute Gasteiger partial charge is 0.312 e. The van der Waals surface area contributed by atoms with Gasteiger partial charge in [-0.25, -0.2) is 14.8 Å². The summed E-state index contributed by atoms with van der Waals surface area (Å²) in [5.41, 5.74) is 5.92. The number of primary amides is 1. The third kappa shape index (κ3) is 4.75. The SMILES string of the molecule is CC(C/C=C/c1cncnc1)NC(N)=O. The Bertz CT molecular complexity index is 337. The summed E-state index contributed by atoms with van der Waals surface area (Å²) in [6, 6.07) is -0.470. The van der Waals surface area contributed by atoms with Gasteiger partial charge in [-0.15, -0.1) is 0 Å². The molecule has 15 heavy (non-hydrogen) atoms. The zero-order valence-corrected chi connectivity index (χ0v) is 8.55. The number of carbonyl (C=O) groups excluding carboxylic acids is 1. The molecular formula is C10H14N4O. The Balaban J connectivity index is 2.37. The lowest BCUT2D eigenvalue weighted by Gasteiger charge is -2.08. The number of aromatic nitrogens is 2. The second kappa shape index (κ2) is 5.74. The van der Waals surface area contributed by atoms with Gasteiger partial charge in [0.2, 0.25) is 0 Å². The molecular weight excluding hydrogens is 192 g/mol. The molecule has 3 N–H and O–H groups in total. The minimum absolute atomic E-state index is 0.0309. The molecule has 0 spiro atoms. The first kappa shape index (κ1) is 11.2. The lowest BCUT2D eigenvalue weighted by Crippen LogP contribution is -2.36. The van der Waals surface area contributed by atoms with Crippen LogP contribution in [-0.4, -0.2) is 22.0 Å². The molecule has 1 aromatic rings. The van der Waals surface area contributed by atoms with Gasteiger partial charge in [0.15, 0.2) is 0 Å². The van der Waals surface area contributed by atoms with Crippen LogP contribution in [0.2, 0.25) is 0 Å². The van der Waals surface area contributed by atoms with Crippen LogP contribution in [0.15, 0.2) is 24.8 Å². The van der Waals surface area contributed by atoms with E-state index < -0.39 is 6.03 Å². The maximum atomic E-state index is 10.5. The Kier molecular flexibility index (Phi) is 4.28. The highest BCUT2D eigenvalue weighted by Gasteiger charge is 1.99. The van der Waals surface area contributed by atoms with E-state index in [2.05, 4.69) is 15.3 Å². The highest BCUT2D eigenvalue weighted by atomic mass is 16.2. The summed E-state index contributed by atoms with van der Waals surface area (Å²) >= 11 is 0. The van der Waals surface area contributed by atoms with Crippen LogP contribution in [0.4, 0.5) is 4.79 Å². The number of hydrogen-bond acceptors (Lipinski definition) is 3. The van der Waals surface area contributed by atoms with E-state index in [4.69, 9.17) is 5.73 Å². The second-order valence-corrected chi connectivity index (χ2v) is 3.22. The van der Waals surface area contributed by atoms with Crippen molar-refractivity contribution >= 4 is 12.1 Å². The van der Waals surface area contributed by atoms with Crippen LogP contribution >= 0.6 is 0 Å². The first-order chi connectivity index (χ1) is 7.18. The van der Waals surface area contributed by atoms with Gasteiger partial charge in [0.1, 0.15) is 6.33 Å². The van der Waals surface area contributed by atoms with Crippen LogP contribution in [0.3, 0.4) is 0 Å². The van der Waals surface area contributed by atoms with Gasteiger partial charge in [-0.05, 0) is 13.3 Å². The van der Waals surface area contributed by atoms with E-state index in [1.54, 1.807) is 12.4 Å². The van der Waals surface area contributed by atoms with E-state index >= 15 is 0 Å². The fraction of sp³-hybridized carbons (Fsp3) is 0.300. The maximum absolute atomic E-state index is 10.5. The van der Waals surface area contributed by atoms with Crippen molar-refractivity contribution in [2.45, 2.75) is 19.4 Å². The van der Waals surface area contributed by atoms with E-state index in [1.165, 1.54) is 6.33 Å². The lowest BCUT2D eigenvalue weighted by molar-refractivity contribution is 0.246. The average molecular weight is 206 g/mol. The van der Waals surface area contributed by atoms with Gasteiger partial charge in [0, 0.05) is 24.0 Å². The van der Waals surface area contributed by atoms with Crippen LogP contribution in [0.25, 0.3) is 6.08 Å². The number of rotatable bonds is 4. The summed E-state index contributed by atoms with van der Waals surface area (Å²) in [4.78, 5) is 18.3. The van der Waals surface area contributed by atoms with Crippen LogP contribution in [0.1, 0.15) is 18.9 Å². The number of hydrogen-bond donors (Lipinski definition) is 2. The number of nitrogens with zero attached hydrogens (tertiary/aromatic N) is 2. The minimum Gasteiger partial charge on any atom is -0.352 e. The third-order valence-corrected chi connectivity index (χ3v) is 1.77. The Morgan fingerprint density at radius 1 is 1.60 bits per heavy atom. The Hall–Kier alpha value is -1.91. The van der Waals surface area contributed by atoms with E-state index in [-0.39, 0.29) is 6.04 Å². The normalized spacial score (nSPS) is 12.6. The van der Waals surface area contributed by atoms with E-state index in [0.29, 0.717) is 0 Å². The lowest BCUT2D eigenvalue weighted by atomic mass is 10.2. The maximum Gasteiger partial charge on any atom is 0.312 e.